The maximum absolute atomic E-state index is 11.4. The average Bonchev–Trinajstić information content (AvgIpc) is 2.39. The van der Waals surface area contributed by atoms with Crippen molar-refractivity contribution in [3.63, 3.8) is 0 Å². The minimum atomic E-state index is -0.281. The lowest BCUT2D eigenvalue weighted by molar-refractivity contribution is -0.197. The zero-order valence-electron chi connectivity index (χ0n) is 10.1. The minimum Gasteiger partial charge on any atom is -0.393 e. The van der Waals surface area contributed by atoms with E-state index >= 15 is 0 Å². The number of rotatable bonds is 5. The standard InChI is InChI=1S/C12H21NO3S/c14-8-12-4-2-11(3-5-12,9-16-12)7-13-10(15)1-6-17/h14,17H,1-9H2,(H,13,15). The van der Waals surface area contributed by atoms with E-state index in [2.05, 4.69) is 17.9 Å². The third-order valence-electron chi connectivity index (χ3n) is 4.19. The number of ether oxygens (including phenoxy) is 1. The van der Waals surface area contributed by atoms with E-state index < -0.39 is 0 Å². The third kappa shape index (κ3) is 2.77. The van der Waals surface area contributed by atoms with Gasteiger partial charge in [-0.25, -0.2) is 0 Å². The predicted octanol–water partition coefficient (Wildman–Crippen LogP) is 0.744. The molecule has 3 rings (SSSR count). The molecule has 3 fully saturated rings. The van der Waals surface area contributed by atoms with Crippen molar-refractivity contribution in [2.45, 2.75) is 37.7 Å². The van der Waals surface area contributed by atoms with Crippen LogP contribution >= 0.6 is 12.6 Å². The Hall–Kier alpha value is -0.260. The first kappa shape index (κ1) is 13.2. The summed E-state index contributed by atoms with van der Waals surface area (Å²) in [4.78, 5) is 11.4. The fourth-order valence-corrected chi connectivity index (χ4v) is 2.94. The molecule has 17 heavy (non-hydrogen) atoms. The summed E-state index contributed by atoms with van der Waals surface area (Å²) in [6.07, 6.45) is 4.36. The summed E-state index contributed by atoms with van der Waals surface area (Å²) < 4.78 is 5.79. The van der Waals surface area contributed by atoms with Crippen molar-refractivity contribution in [1.82, 2.24) is 5.32 Å². The Morgan fingerprint density at radius 1 is 1.35 bits per heavy atom. The maximum Gasteiger partial charge on any atom is 0.220 e. The number of aliphatic hydroxyl groups is 1. The average molecular weight is 259 g/mol. The molecule has 4 nitrogen and oxygen atoms in total. The summed E-state index contributed by atoms with van der Waals surface area (Å²) in [7, 11) is 0. The van der Waals surface area contributed by atoms with Crippen molar-refractivity contribution < 1.29 is 14.6 Å². The molecule has 2 aliphatic heterocycles. The highest BCUT2D eigenvalue weighted by atomic mass is 32.1. The fraction of sp³-hybridized carbons (Fsp3) is 0.917. The highest BCUT2D eigenvalue weighted by Crippen LogP contribution is 2.48. The highest BCUT2D eigenvalue weighted by molar-refractivity contribution is 7.80. The van der Waals surface area contributed by atoms with Gasteiger partial charge in [0, 0.05) is 18.4 Å². The molecule has 0 atom stereocenters. The van der Waals surface area contributed by atoms with Gasteiger partial charge >= 0.3 is 0 Å². The van der Waals surface area contributed by atoms with Gasteiger partial charge in [0.2, 0.25) is 5.91 Å². The molecule has 2 heterocycles. The van der Waals surface area contributed by atoms with E-state index in [1.807, 2.05) is 0 Å². The summed E-state index contributed by atoms with van der Waals surface area (Å²) in [5.41, 5.74) is -0.181. The minimum absolute atomic E-state index is 0.0685. The second kappa shape index (κ2) is 5.16. The van der Waals surface area contributed by atoms with E-state index in [1.54, 1.807) is 0 Å². The molecule has 1 aliphatic carbocycles. The SMILES string of the molecule is O=C(CCS)NCC12CCC(CO)(CC1)OC2. The smallest absolute Gasteiger partial charge is 0.220 e. The number of hydrogen-bond donors (Lipinski definition) is 3. The third-order valence-corrected chi connectivity index (χ3v) is 4.42. The summed E-state index contributed by atoms with van der Waals surface area (Å²) in [6.45, 7) is 1.48. The van der Waals surface area contributed by atoms with E-state index in [9.17, 15) is 9.90 Å². The number of nitrogens with one attached hydrogen (secondary N) is 1. The van der Waals surface area contributed by atoms with Crippen LogP contribution in [0.5, 0.6) is 0 Å². The molecule has 0 unspecified atom stereocenters. The topological polar surface area (TPSA) is 58.6 Å². The Balaban J connectivity index is 1.84. The molecule has 0 radical (unpaired) electrons. The van der Waals surface area contributed by atoms with Crippen LogP contribution in [0.25, 0.3) is 0 Å². The van der Waals surface area contributed by atoms with E-state index in [1.165, 1.54) is 0 Å². The van der Waals surface area contributed by atoms with Gasteiger partial charge in [0.15, 0.2) is 0 Å². The van der Waals surface area contributed by atoms with Gasteiger partial charge in [0.05, 0.1) is 18.8 Å². The van der Waals surface area contributed by atoms with Gasteiger partial charge < -0.3 is 15.2 Å². The van der Waals surface area contributed by atoms with E-state index in [4.69, 9.17) is 4.74 Å². The predicted molar refractivity (Wildman–Crippen MR) is 68.1 cm³/mol. The fourth-order valence-electron chi connectivity index (χ4n) is 2.74. The largest absolute Gasteiger partial charge is 0.393 e. The monoisotopic (exact) mass is 259 g/mol. The Kier molecular flexibility index (Phi) is 4.00. The van der Waals surface area contributed by atoms with Gasteiger partial charge in [0.1, 0.15) is 0 Å². The van der Waals surface area contributed by atoms with Crippen LogP contribution in [-0.4, -0.2) is 42.1 Å². The van der Waals surface area contributed by atoms with E-state index in [0.717, 1.165) is 25.7 Å². The van der Waals surface area contributed by atoms with E-state index in [-0.39, 0.29) is 23.5 Å². The lowest BCUT2D eigenvalue weighted by atomic mass is 9.66. The number of fused-ring (bicyclic) bond motifs is 3. The van der Waals surface area contributed by atoms with Gasteiger partial charge in [-0.2, -0.15) is 12.6 Å². The van der Waals surface area contributed by atoms with Gasteiger partial charge in [-0.3, -0.25) is 4.79 Å². The van der Waals surface area contributed by atoms with Crippen LogP contribution < -0.4 is 5.32 Å². The lowest BCUT2D eigenvalue weighted by Crippen LogP contribution is -2.56. The number of aliphatic hydroxyl groups excluding tert-OH is 1. The molecular weight excluding hydrogens is 238 g/mol. The van der Waals surface area contributed by atoms with E-state index in [0.29, 0.717) is 25.3 Å². The van der Waals surface area contributed by atoms with Crippen LogP contribution in [0.3, 0.4) is 0 Å². The second-order valence-electron chi connectivity index (χ2n) is 5.38. The van der Waals surface area contributed by atoms with Gasteiger partial charge in [-0.1, -0.05) is 0 Å². The molecular formula is C12H21NO3S. The highest BCUT2D eigenvalue weighted by Gasteiger charge is 2.49. The second-order valence-corrected chi connectivity index (χ2v) is 5.83. The maximum atomic E-state index is 11.4. The zero-order chi connectivity index (χ0) is 12.4. The first-order valence-electron chi connectivity index (χ1n) is 6.26. The van der Waals surface area contributed by atoms with Crippen LogP contribution in [0, 0.1) is 5.41 Å². The Morgan fingerprint density at radius 2 is 2.06 bits per heavy atom. The van der Waals surface area contributed by atoms with Gasteiger partial charge in [-0.15, -0.1) is 0 Å². The Bertz CT molecular complexity index is 271. The number of carbonyl (C=O) groups is 1. The Labute approximate surface area is 108 Å². The van der Waals surface area contributed by atoms with Gasteiger partial charge in [0.25, 0.3) is 0 Å². The molecule has 2 saturated heterocycles. The molecule has 3 aliphatic rings. The molecule has 0 spiro atoms. The van der Waals surface area contributed by atoms with Gasteiger partial charge in [-0.05, 0) is 31.4 Å². The van der Waals surface area contributed by atoms with Crippen molar-refractivity contribution in [2.75, 3.05) is 25.5 Å². The van der Waals surface area contributed by atoms with Crippen molar-refractivity contribution >= 4 is 18.5 Å². The first-order valence-corrected chi connectivity index (χ1v) is 6.89. The normalized spacial score (nSPS) is 35.9. The molecule has 0 aromatic carbocycles. The molecule has 0 aromatic rings. The number of hydrogen-bond acceptors (Lipinski definition) is 4. The quantitative estimate of drug-likeness (QED) is 0.638. The molecule has 1 saturated carbocycles. The summed E-state index contributed by atoms with van der Waals surface area (Å²) in [5, 5.41) is 12.3. The van der Waals surface area contributed by atoms with Crippen LogP contribution in [0.4, 0.5) is 0 Å². The Morgan fingerprint density at radius 3 is 2.53 bits per heavy atom. The number of thiol groups is 1. The van der Waals surface area contributed by atoms with Crippen LogP contribution in [-0.2, 0) is 9.53 Å². The molecule has 2 bridgehead atoms. The summed E-state index contributed by atoms with van der Waals surface area (Å²) in [6, 6.07) is 0. The molecule has 98 valence electrons. The van der Waals surface area contributed by atoms with Crippen molar-refractivity contribution in [3.8, 4) is 0 Å². The molecule has 5 heteroatoms. The molecule has 0 aromatic heterocycles. The molecule has 2 N–H and O–H groups in total. The number of amides is 1. The first-order chi connectivity index (χ1) is 8.14. The van der Waals surface area contributed by atoms with Crippen LogP contribution in [0.15, 0.2) is 0 Å². The molecule has 1 amide bonds. The summed E-state index contributed by atoms with van der Waals surface area (Å²) in [5.74, 6) is 0.655. The zero-order valence-corrected chi connectivity index (χ0v) is 11.0. The van der Waals surface area contributed by atoms with Crippen LogP contribution in [0.1, 0.15) is 32.1 Å². The number of carbonyl (C=O) groups excluding carboxylic acids is 1. The van der Waals surface area contributed by atoms with Crippen LogP contribution in [0.2, 0.25) is 0 Å². The lowest BCUT2D eigenvalue weighted by Gasteiger charge is -2.52. The van der Waals surface area contributed by atoms with Crippen molar-refractivity contribution in [2.24, 2.45) is 5.41 Å². The van der Waals surface area contributed by atoms with Crippen molar-refractivity contribution in [1.29, 1.82) is 0 Å². The van der Waals surface area contributed by atoms with Crippen molar-refractivity contribution in [3.05, 3.63) is 0 Å². The summed E-state index contributed by atoms with van der Waals surface area (Å²) >= 11 is 4.04.